The number of benzene rings is 1. The van der Waals surface area contributed by atoms with Gasteiger partial charge in [-0.2, -0.15) is 0 Å². The molecule has 1 aromatic rings. The standard InChI is InChI=1S/C14H20N2O4S.ClH/c1-15-9-10-16-21(18,19)12-5-3-11(4-6-12)14(7-8-14)13(17)20-2;/h3-6,15-16H,7-10H2,1-2H3;1H. The summed E-state index contributed by atoms with van der Waals surface area (Å²) in [6, 6.07) is 6.44. The minimum absolute atomic E-state index is 0. The molecule has 6 nitrogen and oxygen atoms in total. The van der Waals surface area contributed by atoms with Crippen molar-refractivity contribution in [3.8, 4) is 0 Å². The molecule has 1 aromatic carbocycles. The van der Waals surface area contributed by atoms with Gasteiger partial charge in [0.15, 0.2) is 0 Å². The van der Waals surface area contributed by atoms with Crippen molar-refractivity contribution in [2.24, 2.45) is 0 Å². The number of sulfonamides is 1. The first-order valence-electron chi connectivity index (χ1n) is 6.79. The Morgan fingerprint density at radius 2 is 1.82 bits per heavy atom. The zero-order valence-electron chi connectivity index (χ0n) is 12.6. The van der Waals surface area contributed by atoms with Gasteiger partial charge >= 0.3 is 5.97 Å². The third kappa shape index (κ3) is 3.78. The minimum atomic E-state index is -3.51. The van der Waals surface area contributed by atoms with Gasteiger partial charge in [0, 0.05) is 13.1 Å². The number of carbonyl (C=O) groups excluding carboxylic acids is 1. The SMILES string of the molecule is CNCCNS(=O)(=O)c1ccc(C2(C(=O)OC)CC2)cc1.Cl. The van der Waals surface area contributed by atoms with Crippen LogP contribution >= 0.6 is 12.4 Å². The number of esters is 1. The van der Waals surface area contributed by atoms with Gasteiger partial charge in [-0.1, -0.05) is 12.1 Å². The molecule has 0 aromatic heterocycles. The van der Waals surface area contributed by atoms with Gasteiger partial charge in [-0.3, -0.25) is 4.79 Å². The molecule has 22 heavy (non-hydrogen) atoms. The summed E-state index contributed by atoms with van der Waals surface area (Å²) in [4.78, 5) is 12.0. The maximum absolute atomic E-state index is 12.0. The predicted molar refractivity (Wildman–Crippen MR) is 85.7 cm³/mol. The monoisotopic (exact) mass is 348 g/mol. The average molecular weight is 349 g/mol. The van der Waals surface area contributed by atoms with E-state index in [9.17, 15) is 13.2 Å². The zero-order chi connectivity index (χ0) is 15.5. The largest absolute Gasteiger partial charge is 0.468 e. The van der Waals surface area contributed by atoms with Crippen molar-refractivity contribution in [3.63, 3.8) is 0 Å². The fourth-order valence-corrected chi connectivity index (χ4v) is 3.31. The summed E-state index contributed by atoms with van der Waals surface area (Å²) in [5.74, 6) is -0.259. The molecular weight excluding hydrogens is 328 g/mol. The Balaban J connectivity index is 0.00000242. The first-order chi connectivity index (χ1) is 9.96. The van der Waals surface area contributed by atoms with E-state index in [0.717, 1.165) is 18.4 Å². The van der Waals surface area contributed by atoms with E-state index in [1.54, 1.807) is 19.2 Å². The zero-order valence-corrected chi connectivity index (χ0v) is 14.2. The number of rotatable bonds is 7. The van der Waals surface area contributed by atoms with Crippen LogP contribution in [0.2, 0.25) is 0 Å². The van der Waals surface area contributed by atoms with E-state index in [2.05, 4.69) is 10.0 Å². The maximum atomic E-state index is 12.0. The van der Waals surface area contributed by atoms with Gasteiger partial charge in [0.2, 0.25) is 10.0 Å². The van der Waals surface area contributed by atoms with Gasteiger partial charge in [-0.05, 0) is 37.6 Å². The normalized spacial score (nSPS) is 15.7. The molecular formula is C14H21ClN2O4S. The molecule has 1 saturated carbocycles. The molecule has 0 atom stereocenters. The van der Waals surface area contributed by atoms with E-state index < -0.39 is 15.4 Å². The van der Waals surface area contributed by atoms with Crippen molar-refractivity contribution < 1.29 is 17.9 Å². The van der Waals surface area contributed by atoms with Crippen molar-refractivity contribution in [3.05, 3.63) is 29.8 Å². The molecule has 0 amide bonds. The highest BCUT2D eigenvalue weighted by molar-refractivity contribution is 7.89. The third-order valence-electron chi connectivity index (χ3n) is 3.71. The van der Waals surface area contributed by atoms with Gasteiger partial charge in [-0.15, -0.1) is 12.4 Å². The van der Waals surface area contributed by atoms with E-state index >= 15 is 0 Å². The van der Waals surface area contributed by atoms with Crippen molar-refractivity contribution in [1.29, 1.82) is 0 Å². The summed E-state index contributed by atoms with van der Waals surface area (Å²) < 4.78 is 31.4. The molecule has 0 unspecified atom stereocenters. The van der Waals surface area contributed by atoms with Crippen LogP contribution in [0.25, 0.3) is 0 Å². The molecule has 0 radical (unpaired) electrons. The fraction of sp³-hybridized carbons (Fsp3) is 0.500. The van der Waals surface area contributed by atoms with Gasteiger partial charge in [0.1, 0.15) is 0 Å². The van der Waals surface area contributed by atoms with Crippen LogP contribution in [-0.2, 0) is 25.0 Å². The molecule has 124 valence electrons. The second-order valence-electron chi connectivity index (χ2n) is 5.10. The lowest BCUT2D eigenvalue weighted by atomic mass is 9.96. The summed E-state index contributed by atoms with van der Waals surface area (Å²) in [6.45, 7) is 0.884. The average Bonchev–Trinajstić information content (AvgIpc) is 3.28. The number of hydrogen-bond donors (Lipinski definition) is 2. The minimum Gasteiger partial charge on any atom is -0.468 e. The van der Waals surface area contributed by atoms with Crippen LogP contribution < -0.4 is 10.0 Å². The molecule has 0 saturated heterocycles. The quantitative estimate of drug-likeness (QED) is 0.562. The van der Waals surface area contributed by atoms with Crippen LogP contribution in [-0.4, -0.2) is 41.6 Å². The Hall–Kier alpha value is -1.15. The van der Waals surface area contributed by atoms with Crippen molar-refractivity contribution in [2.75, 3.05) is 27.2 Å². The van der Waals surface area contributed by atoms with Crippen molar-refractivity contribution >= 4 is 28.4 Å². The Labute approximate surface area is 137 Å². The first kappa shape index (κ1) is 18.9. The number of nitrogens with one attached hydrogen (secondary N) is 2. The lowest BCUT2D eigenvalue weighted by molar-refractivity contribution is -0.143. The predicted octanol–water partition coefficient (Wildman–Crippen LogP) is 0.811. The van der Waals surface area contributed by atoms with Crippen LogP contribution in [0.3, 0.4) is 0 Å². The summed E-state index contributed by atoms with van der Waals surface area (Å²) in [7, 11) is -0.383. The molecule has 0 aliphatic heterocycles. The molecule has 1 fully saturated rings. The summed E-state index contributed by atoms with van der Waals surface area (Å²) >= 11 is 0. The number of carbonyl (C=O) groups is 1. The maximum Gasteiger partial charge on any atom is 0.316 e. The van der Waals surface area contributed by atoms with Crippen LogP contribution in [0.15, 0.2) is 29.2 Å². The molecule has 2 N–H and O–H groups in total. The van der Waals surface area contributed by atoms with Crippen molar-refractivity contribution in [2.45, 2.75) is 23.2 Å². The van der Waals surface area contributed by atoms with Crippen molar-refractivity contribution in [1.82, 2.24) is 10.0 Å². The van der Waals surface area contributed by atoms with Gasteiger partial charge in [0.25, 0.3) is 0 Å². The lowest BCUT2D eigenvalue weighted by Gasteiger charge is -2.13. The Bertz CT molecular complexity index is 612. The Kier molecular flexibility index (Phi) is 6.37. The topological polar surface area (TPSA) is 84.5 Å². The molecule has 0 heterocycles. The van der Waals surface area contributed by atoms with E-state index in [0.29, 0.717) is 13.1 Å². The summed E-state index contributed by atoms with van der Waals surface area (Å²) in [5, 5.41) is 2.87. The smallest absolute Gasteiger partial charge is 0.316 e. The van der Waals surface area contributed by atoms with E-state index in [4.69, 9.17) is 4.74 Å². The molecule has 8 heteroatoms. The van der Waals surface area contributed by atoms with E-state index in [1.807, 2.05) is 0 Å². The molecule has 1 aliphatic rings. The third-order valence-corrected chi connectivity index (χ3v) is 5.19. The number of ether oxygens (including phenoxy) is 1. The number of halogens is 1. The van der Waals surface area contributed by atoms with Crippen LogP contribution in [0.5, 0.6) is 0 Å². The fourth-order valence-electron chi connectivity index (χ4n) is 2.28. The number of methoxy groups -OCH3 is 1. The molecule has 0 bridgehead atoms. The highest BCUT2D eigenvalue weighted by Gasteiger charge is 2.52. The van der Waals surface area contributed by atoms with Crippen LogP contribution in [0.4, 0.5) is 0 Å². The highest BCUT2D eigenvalue weighted by Crippen LogP contribution is 2.49. The van der Waals surface area contributed by atoms with E-state index in [1.165, 1.54) is 19.2 Å². The van der Waals surface area contributed by atoms with Gasteiger partial charge in [-0.25, -0.2) is 13.1 Å². The second kappa shape index (κ2) is 7.41. The molecule has 0 spiro atoms. The van der Waals surface area contributed by atoms with E-state index in [-0.39, 0.29) is 23.3 Å². The number of hydrogen-bond acceptors (Lipinski definition) is 5. The lowest BCUT2D eigenvalue weighted by Crippen LogP contribution is -2.30. The van der Waals surface area contributed by atoms with Gasteiger partial charge < -0.3 is 10.1 Å². The van der Waals surface area contributed by atoms with Crippen LogP contribution in [0.1, 0.15) is 18.4 Å². The van der Waals surface area contributed by atoms with Crippen LogP contribution in [0, 0.1) is 0 Å². The first-order valence-corrected chi connectivity index (χ1v) is 8.28. The Morgan fingerprint density at radius 1 is 1.23 bits per heavy atom. The Morgan fingerprint density at radius 3 is 2.27 bits per heavy atom. The summed E-state index contributed by atoms with van der Waals surface area (Å²) in [5.41, 5.74) is 0.236. The molecule has 2 rings (SSSR count). The van der Waals surface area contributed by atoms with Gasteiger partial charge in [0.05, 0.1) is 17.4 Å². The highest BCUT2D eigenvalue weighted by atomic mass is 35.5. The molecule has 1 aliphatic carbocycles. The summed E-state index contributed by atoms with van der Waals surface area (Å²) in [6.07, 6.45) is 1.48. The second-order valence-corrected chi connectivity index (χ2v) is 6.87. The number of likely N-dealkylation sites (N-methyl/N-ethyl adjacent to an activating group) is 1.